The summed E-state index contributed by atoms with van der Waals surface area (Å²) in [5, 5.41) is 0.356. The topological polar surface area (TPSA) is 57.7 Å². The van der Waals surface area contributed by atoms with Gasteiger partial charge >= 0.3 is 5.97 Å². The minimum absolute atomic E-state index is 0.0740. The van der Waals surface area contributed by atoms with Gasteiger partial charge in [-0.1, -0.05) is 35.1 Å². The summed E-state index contributed by atoms with van der Waals surface area (Å²) in [7, 11) is 2.91. The van der Waals surface area contributed by atoms with Gasteiger partial charge < -0.3 is 14.2 Å². The lowest BCUT2D eigenvalue weighted by Crippen LogP contribution is -1.98. The van der Waals surface area contributed by atoms with Gasteiger partial charge in [-0.3, -0.25) is 0 Å². The molecule has 0 unspecified atom stereocenters. The van der Waals surface area contributed by atoms with E-state index in [-0.39, 0.29) is 15.2 Å². The van der Waals surface area contributed by atoms with Gasteiger partial charge in [-0.25, -0.2) is 4.79 Å². The van der Waals surface area contributed by atoms with E-state index >= 15 is 0 Å². The molecule has 0 bridgehead atoms. The van der Waals surface area contributed by atoms with Crippen LogP contribution < -0.4 is 4.74 Å². The number of methoxy groups -OCH3 is 2. The molecule has 0 saturated carbocycles. The lowest BCUT2D eigenvalue weighted by molar-refractivity contribution is 0.0606. The van der Waals surface area contributed by atoms with Crippen LogP contribution in [0.3, 0.4) is 0 Å². The maximum absolute atomic E-state index is 11.4. The van der Waals surface area contributed by atoms with Crippen LogP contribution in [0.25, 0.3) is 0 Å². The van der Waals surface area contributed by atoms with E-state index in [4.69, 9.17) is 21.1 Å². The summed E-state index contributed by atoms with van der Waals surface area (Å²) < 4.78 is 15.2. The van der Waals surface area contributed by atoms with Crippen molar-refractivity contribution in [1.29, 1.82) is 0 Å². The largest absolute Gasteiger partial charge is 0.465 e. The van der Waals surface area contributed by atoms with Crippen molar-refractivity contribution in [2.24, 2.45) is 0 Å². The predicted octanol–water partition coefficient (Wildman–Crippen LogP) is 3.52. The average molecular weight is 314 g/mol. The van der Waals surface area contributed by atoms with Crippen molar-refractivity contribution in [2.75, 3.05) is 14.2 Å². The van der Waals surface area contributed by atoms with Crippen LogP contribution in [-0.2, 0) is 16.1 Å². The molecule has 0 spiro atoms. The number of ether oxygens (including phenoxy) is 3. The molecular formula is C13H12ClNO4S. The van der Waals surface area contributed by atoms with Crippen LogP contribution in [0.1, 0.15) is 15.2 Å². The predicted molar refractivity (Wildman–Crippen MR) is 75.7 cm³/mol. The maximum atomic E-state index is 11.4. The zero-order chi connectivity index (χ0) is 14.5. The molecule has 7 heteroatoms. The van der Waals surface area contributed by atoms with Crippen molar-refractivity contribution in [3.63, 3.8) is 0 Å². The lowest BCUT2D eigenvalue weighted by Gasteiger charge is -2.04. The second kappa shape index (κ2) is 6.69. The Morgan fingerprint density at radius 2 is 2.20 bits per heavy atom. The van der Waals surface area contributed by atoms with Crippen molar-refractivity contribution >= 4 is 28.9 Å². The maximum Gasteiger partial charge on any atom is 0.351 e. The van der Waals surface area contributed by atoms with Crippen molar-refractivity contribution in [2.45, 2.75) is 6.61 Å². The molecule has 0 aliphatic carbocycles. The van der Waals surface area contributed by atoms with Gasteiger partial charge in [0.1, 0.15) is 5.75 Å². The molecule has 0 fully saturated rings. The lowest BCUT2D eigenvalue weighted by atomic mass is 10.2. The molecule has 0 aliphatic heterocycles. The molecule has 1 heterocycles. The number of benzene rings is 1. The van der Waals surface area contributed by atoms with E-state index in [0.717, 1.165) is 16.9 Å². The Kier molecular flexibility index (Phi) is 4.94. The van der Waals surface area contributed by atoms with E-state index in [1.54, 1.807) is 13.2 Å². The molecule has 106 valence electrons. The molecule has 0 amide bonds. The van der Waals surface area contributed by atoms with E-state index in [9.17, 15) is 4.79 Å². The number of thiazole rings is 1. The van der Waals surface area contributed by atoms with Crippen LogP contribution in [0.2, 0.25) is 5.15 Å². The monoisotopic (exact) mass is 313 g/mol. The van der Waals surface area contributed by atoms with Gasteiger partial charge in [-0.2, -0.15) is 4.98 Å². The first-order valence-corrected chi connectivity index (χ1v) is 6.84. The minimum atomic E-state index is -0.532. The standard InChI is InChI=1S/C13H12ClNO4S/c1-17-7-8-4-3-5-9(6-8)19-13-15-11(14)10(20-13)12(16)18-2/h3-6H,7H2,1-2H3. The van der Waals surface area contributed by atoms with E-state index in [2.05, 4.69) is 9.72 Å². The Bertz CT molecular complexity index is 614. The van der Waals surface area contributed by atoms with Gasteiger partial charge in [0.15, 0.2) is 10.0 Å². The third-order valence-corrected chi connectivity index (χ3v) is 3.65. The van der Waals surface area contributed by atoms with Gasteiger partial charge in [0.05, 0.1) is 13.7 Å². The average Bonchev–Trinajstić information content (AvgIpc) is 2.79. The van der Waals surface area contributed by atoms with E-state index in [0.29, 0.717) is 12.4 Å². The number of esters is 1. The number of halogens is 1. The molecule has 0 atom stereocenters. The molecule has 0 radical (unpaired) electrons. The molecule has 1 aromatic carbocycles. The number of aromatic nitrogens is 1. The molecule has 1 aromatic heterocycles. The SMILES string of the molecule is COCc1cccc(Oc2nc(Cl)c(C(=O)OC)s2)c1. The van der Waals surface area contributed by atoms with Crippen molar-refractivity contribution in [1.82, 2.24) is 4.98 Å². The van der Waals surface area contributed by atoms with Gasteiger partial charge in [0, 0.05) is 7.11 Å². The summed E-state index contributed by atoms with van der Waals surface area (Å²) >= 11 is 6.90. The number of hydrogen-bond donors (Lipinski definition) is 0. The van der Waals surface area contributed by atoms with Crippen LogP contribution in [0, 0.1) is 0 Å². The second-order valence-corrected chi connectivity index (χ2v) is 5.09. The summed E-state index contributed by atoms with van der Waals surface area (Å²) in [4.78, 5) is 15.6. The number of carbonyl (C=O) groups is 1. The Balaban J connectivity index is 2.18. The second-order valence-electron chi connectivity index (χ2n) is 3.77. The first-order chi connectivity index (χ1) is 9.63. The molecule has 2 aromatic rings. The third kappa shape index (κ3) is 3.47. The fourth-order valence-electron chi connectivity index (χ4n) is 1.51. The first kappa shape index (κ1) is 14.8. The summed E-state index contributed by atoms with van der Waals surface area (Å²) in [5.41, 5.74) is 0.973. The fraction of sp³-hybridized carbons (Fsp3) is 0.231. The highest BCUT2D eigenvalue weighted by molar-refractivity contribution is 7.15. The number of rotatable bonds is 5. The first-order valence-electron chi connectivity index (χ1n) is 5.64. The van der Waals surface area contributed by atoms with Crippen LogP contribution in [0.15, 0.2) is 24.3 Å². The molecule has 0 N–H and O–H groups in total. The molecule has 0 saturated heterocycles. The number of carbonyl (C=O) groups excluding carboxylic acids is 1. The molecule has 20 heavy (non-hydrogen) atoms. The Morgan fingerprint density at radius 3 is 2.90 bits per heavy atom. The summed E-state index contributed by atoms with van der Waals surface area (Å²) in [6.45, 7) is 0.489. The normalized spacial score (nSPS) is 10.3. The van der Waals surface area contributed by atoms with E-state index in [1.165, 1.54) is 7.11 Å². The smallest absolute Gasteiger partial charge is 0.351 e. The van der Waals surface area contributed by atoms with Crippen LogP contribution in [0.4, 0.5) is 0 Å². The number of hydrogen-bond acceptors (Lipinski definition) is 6. The van der Waals surface area contributed by atoms with Gasteiger partial charge in [0.25, 0.3) is 5.19 Å². The Labute approximate surface area is 125 Å². The summed E-state index contributed by atoms with van der Waals surface area (Å²) in [6.07, 6.45) is 0. The van der Waals surface area contributed by atoms with Crippen LogP contribution in [0.5, 0.6) is 10.9 Å². The molecule has 2 rings (SSSR count). The highest BCUT2D eigenvalue weighted by atomic mass is 35.5. The third-order valence-electron chi connectivity index (χ3n) is 2.35. The van der Waals surface area contributed by atoms with Crippen LogP contribution in [-0.4, -0.2) is 25.2 Å². The van der Waals surface area contributed by atoms with Crippen LogP contribution >= 0.6 is 22.9 Å². The quantitative estimate of drug-likeness (QED) is 0.790. The molecule has 5 nitrogen and oxygen atoms in total. The molecular weight excluding hydrogens is 302 g/mol. The minimum Gasteiger partial charge on any atom is -0.465 e. The van der Waals surface area contributed by atoms with Gasteiger partial charge in [0.2, 0.25) is 0 Å². The number of nitrogens with zero attached hydrogens (tertiary/aromatic N) is 1. The Morgan fingerprint density at radius 1 is 1.40 bits per heavy atom. The van der Waals surface area contributed by atoms with Gasteiger partial charge in [-0.15, -0.1) is 0 Å². The summed E-state index contributed by atoms with van der Waals surface area (Å²) in [5.74, 6) is 0.0665. The zero-order valence-electron chi connectivity index (χ0n) is 10.9. The Hall–Kier alpha value is -1.63. The molecule has 0 aliphatic rings. The van der Waals surface area contributed by atoms with E-state index < -0.39 is 5.97 Å². The fourth-order valence-corrected chi connectivity index (χ4v) is 2.58. The van der Waals surface area contributed by atoms with E-state index in [1.807, 2.05) is 18.2 Å². The van der Waals surface area contributed by atoms with Crippen molar-refractivity contribution in [3.05, 3.63) is 39.9 Å². The highest BCUT2D eigenvalue weighted by Gasteiger charge is 2.18. The van der Waals surface area contributed by atoms with Crippen molar-refractivity contribution in [3.8, 4) is 10.9 Å². The zero-order valence-corrected chi connectivity index (χ0v) is 12.5. The van der Waals surface area contributed by atoms with Crippen molar-refractivity contribution < 1.29 is 19.0 Å². The highest BCUT2D eigenvalue weighted by Crippen LogP contribution is 2.32. The summed E-state index contributed by atoms with van der Waals surface area (Å²) in [6, 6.07) is 7.38. The van der Waals surface area contributed by atoms with Gasteiger partial charge in [-0.05, 0) is 17.7 Å².